The SMILES string of the molecule is CCOC(=O)C(C)(C)Oc1ccc(OCc2nc(-c3ccc(C)c(F)c3)ns2)cc1C. The number of rotatable bonds is 8. The molecule has 0 unspecified atom stereocenters. The molecular weight excluding hydrogens is 419 g/mol. The van der Waals surface area contributed by atoms with Gasteiger partial charge in [0.2, 0.25) is 0 Å². The van der Waals surface area contributed by atoms with Crippen LogP contribution in [0.5, 0.6) is 11.5 Å². The van der Waals surface area contributed by atoms with Crippen LogP contribution in [0.3, 0.4) is 0 Å². The number of hydrogen-bond donors (Lipinski definition) is 0. The van der Waals surface area contributed by atoms with Gasteiger partial charge in [0.15, 0.2) is 16.4 Å². The summed E-state index contributed by atoms with van der Waals surface area (Å²) in [6.07, 6.45) is 0. The van der Waals surface area contributed by atoms with Gasteiger partial charge in [0.25, 0.3) is 0 Å². The van der Waals surface area contributed by atoms with E-state index in [0.29, 0.717) is 40.1 Å². The molecule has 0 radical (unpaired) electrons. The van der Waals surface area contributed by atoms with Crippen molar-refractivity contribution >= 4 is 17.5 Å². The number of benzene rings is 2. The molecule has 0 saturated heterocycles. The number of carbonyl (C=O) groups excluding carboxylic acids is 1. The van der Waals surface area contributed by atoms with Gasteiger partial charge in [-0.25, -0.2) is 14.2 Å². The Morgan fingerprint density at radius 3 is 2.58 bits per heavy atom. The van der Waals surface area contributed by atoms with Crippen LogP contribution in [-0.4, -0.2) is 27.5 Å². The fraction of sp³-hybridized carbons (Fsp3) is 0.348. The van der Waals surface area contributed by atoms with Gasteiger partial charge in [0.1, 0.15) is 23.9 Å². The number of aromatic nitrogens is 2. The predicted molar refractivity (Wildman–Crippen MR) is 117 cm³/mol. The molecule has 0 spiro atoms. The zero-order valence-corrected chi connectivity index (χ0v) is 19.0. The molecule has 164 valence electrons. The number of nitrogens with zero attached hydrogens (tertiary/aromatic N) is 2. The van der Waals surface area contributed by atoms with Crippen molar-refractivity contribution in [3.8, 4) is 22.9 Å². The number of halogens is 1. The first-order valence-corrected chi connectivity index (χ1v) is 10.7. The highest BCUT2D eigenvalue weighted by atomic mass is 32.1. The van der Waals surface area contributed by atoms with Crippen LogP contribution in [0.15, 0.2) is 36.4 Å². The second-order valence-corrected chi connectivity index (χ2v) is 8.36. The standard InChI is InChI=1S/C23H25FN2O4S/c1-6-28-22(27)23(4,5)30-19-10-9-17(11-15(19)3)29-13-20-25-21(26-31-20)16-8-7-14(2)18(24)12-16/h7-12H,6,13H2,1-5H3. The highest BCUT2D eigenvalue weighted by Gasteiger charge is 2.32. The first-order chi connectivity index (χ1) is 14.7. The van der Waals surface area contributed by atoms with Crippen molar-refractivity contribution in [2.45, 2.75) is 46.8 Å². The summed E-state index contributed by atoms with van der Waals surface area (Å²) in [6, 6.07) is 10.3. The highest BCUT2D eigenvalue weighted by molar-refractivity contribution is 7.05. The Morgan fingerprint density at radius 2 is 1.90 bits per heavy atom. The molecule has 0 saturated carbocycles. The van der Waals surface area contributed by atoms with Gasteiger partial charge in [-0.05, 0) is 81.5 Å². The molecule has 0 fully saturated rings. The van der Waals surface area contributed by atoms with E-state index < -0.39 is 11.6 Å². The van der Waals surface area contributed by atoms with E-state index in [1.54, 1.807) is 52.0 Å². The molecular formula is C23H25FN2O4S. The molecule has 0 aliphatic carbocycles. The highest BCUT2D eigenvalue weighted by Crippen LogP contribution is 2.28. The van der Waals surface area contributed by atoms with Crippen molar-refractivity contribution in [3.63, 3.8) is 0 Å². The average Bonchev–Trinajstić information content (AvgIpc) is 3.19. The minimum absolute atomic E-state index is 0.236. The van der Waals surface area contributed by atoms with Gasteiger partial charge in [-0.2, -0.15) is 4.37 Å². The third-order valence-electron chi connectivity index (χ3n) is 4.54. The molecule has 8 heteroatoms. The fourth-order valence-corrected chi connectivity index (χ4v) is 3.33. The molecule has 0 bridgehead atoms. The Hall–Kier alpha value is -3.00. The normalized spacial score (nSPS) is 11.3. The number of ether oxygens (including phenoxy) is 3. The Labute approximate surface area is 185 Å². The summed E-state index contributed by atoms with van der Waals surface area (Å²) >= 11 is 1.21. The molecule has 0 N–H and O–H groups in total. The lowest BCUT2D eigenvalue weighted by molar-refractivity contribution is -0.158. The summed E-state index contributed by atoms with van der Waals surface area (Å²) in [4.78, 5) is 16.5. The summed E-state index contributed by atoms with van der Waals surface area (Å²) in [5.74, 6) is 0.981. The van der Waals surface area contributed by atoms with Crippen LogP contribution in [0.1, 0.15) is 36.9 Å². The zero-order chi connectivity index (χ0) is 22.6. The Bertz CT molecular complexity index is 1080. The van der Waals surface area contributed by atoms with Crippen LogP contribution >= 0.6 is 11.5 Å². The second-order valence-electron chi connectivity index (χ2n) is 7.52. The topological polar surface area (TPSA) is 70.5 Å². The van der Waals surface area contributed by atoms with Crippen LogP contribution in [0.4, 0.5) is 4.39 Å². The van der Waals surface area contributed by atoms with Crippen LogP contribution in [0.2, 0.25) is 0 Å². The minimum Gasteiger partial charge on any atom is -0.486 e. The molecule has 1 aromatic heterocycles. The second kappa shape index (κ2) is 9.43. The lowest BCUT2D eigenvalue weighted by atomic mass is 10.1. The average molecular weight is 445 g/mol. The van der Waals surface area contributed by atoms with E-state index in [0.717, 1.165) is 5.56 Å². The maximum absolute atomic E-state index is 13.8. The van der Waals surface area contributed by atoms with Crippen LogP contribution < -0.4 is 9.47 Å². The summed E-state index contributed by atoms with van der Waals surface area (Å²) in [6.45, 7) is 9.21. The lowest BCUT2D eigenvalue weighted by Gasteiger charge is -2.25. The van der Waals surface area contributed by atoms with Gasteiger partial charge >= 0.3 is 5.97 Å². The molecule has 31 heavy (non-hydrogen) atoms. The van der Waals surface area contributed by atoms with Crippen molar-refractivity contribution in [1.82, 2.24) is 9.36 Å². The fourth-order valence-electron chi connectivity index (χ4n) is 2.76. The predicted octanol–water partition coefficient (Wildman–Crippen LogP) is 5.26. The summed E-state index contributed by atoms with van der Waals surface area (Å²) in [7, 11) is 0. The molecule has 0 aliphatic heterocycles. The number of aryl methyl sites for hydroxylation is 2. The first-order valence-electron chi connectivity index (χ1n) is 9.88. The smallest absolute Gasteiger partial charge is 0.349 e. The van der Waals surface area contributed by atoms with Crippen LogP contribution in [-0.2, 0) is 16.1 Å². The summed E-state index contributed by atoms with van der Waals surface area (Å²) in [5, 5.41) is 0.678. The van der Waals surface area contributed by atoms with Crippen LogP contribution in [0, 0.1) is 19.7 Å². The van der Waals surface area contributed by atoms with Gasteiger partial charge in [-0.3, -0.25) is 0 Å². The van der Waals surface area contributed by atoms with E-state index in [1.165, 1.54) is 17.6 Å². The molecule has 3 aromatic rings. The number of carbonyl (C=O) groups is 1. The zero-order valence-electron chi connectivity index (χ0n) is 18.2. The first kappa shape index (κ1) is 22.7. The quantitative estimate of drug-likeness (QED) is 0.442. The molecule has 2 aromatic carbocycles. The summed E-state index contributed by atoms with van der Waals surface area (Å²) < 4.78 is 34.8. The molecule has 0 atom stereocenters. The largest absolute Gasteiger partial charge is 0.486 e. The van der Waals surface area contributed by atoms with E-state index in [2.05, 4.69) is 9.36 Å². The molecule has 6 nitrogen and oxygen atoms in total. The molecule has 0 amide bonds. The van der Waals surface area contributed by atoms with Crippen LogP contribution in [0.25, 0.3) is 11.4 Å². The van der Waals surface area contributed by atoms with Gasteiger partial charge in [-0.15, -0.1) is 0 Å². The Balaban J connectivity index is 1.64. The lowest BCUT2D eigenvalue weighted by Crippen LogP contribution is -2.39. The molecule has 0 aliphatic rings. The van der Waals surface area contributed by atoms with E-state index in [9.17, 15) is 9.18 Å². The van der Waals surface area contributed by atoms with E-state index in [4.69, 9.17) is 14.2 Å². The van der Waals surface area contributed by atoms with E-state index in [-0.39, 0.29) is 12.4 Å². The van der Waals surface area contributed by atoms with Crippen molar-refractivity contribution < 1.29 is 23.4 Å². The Kier molecular flexibility index (Phi) is 6.90. The molecule has 1 heterocycles. The van der Waals surface area contributed by atoms with Gasteiger partial charge in [-0.1, -0.05) is 12.1 Å². The monoisotopic (exact) mass is 444 g/mol. The Morgan fingerprint density at radius 1 is 1.13 bits per heavy atom. The number of esters is 1. The summed E-state index contributed by atoms with van der Waals surface area (Å²) in [5.41, 5.74) is 0.938. The van der Waals surface area contributed by atoms with Crippen molar-refractivity contribution in [3.05, 3.63) is 58.3 Å². The third kappa shape index (κ3) is 5.58. The van der Waals surface area contributed by atoms with Gasteiger partial charge in [0, 0.05) is 5.56 Å². The number of hydrogen-bond acceptors (Lipinski definition) is 7. The van der Waals surface area contributed by atoms with Crippen molar-refractivity contribution in [2.24, 2.45) is 0 Å². The van der Waals surface area contributed by atoms with Gasteiger partial charge in [0.05, 0.1) is 6.61 Å². The minimum atomic E-state index is -1.10. The third-order valence-corrected chi connectivity index (χ3v) is 5.22. The van der Waals surface area contributed by atoms with Crippen molar-refractivity contribution in [1.29, 1.82) is 0 Å². The maximum atomic E-state index is 13.8. The van der Waals surface area contributed by atoms with E-state index >= 15 is 0 Å². The van der Waals surface area contributed by atoms with Gasteiger partial charge < -0.3 is 14.2 Å². The van der Waals surface area contributed by atoms with Crippen molar-refractivity contribution in [2.75, 3.05) is 6.61 Å². The van der Waals surface area contributed by atoms with E-state index in [1.807, 2.05) is 13.0 Å². The maximum Gasteiger partial charge on any atom is 0.349 e. The molecule has 3 rings (SSSR count).